The van der Waals surface area contributed by atoms with Crippen LogP contribution in [0.25, 0.3) is 6.08 Å². The summed E-state index contributed by atoms with van der Waals surface area (Å²) in [4.78, 5) is 17.5. The van der Waals surface area contributed by atoms with E-state index in [1.54, 1.807) is 0 Å². The lowest BCUT2D eigenvalue weighted by atomic mass is 10.3. The largest absolute Gasteiger partial charge is 0.357 e. The van der Waals surface area contributed by atoms with Gasteiger partial charge in [-0.25, -0.2) is 0 Å². The molecule has 0 saturated heterocycles. The first kappa shape index (κ1) is 13.5. The van der Waals surface area contributed by atoms with Crippen molar-refractivity contribution >= 4 is 11.8 Å². The highest BCUT2D eigenvalue weighted by atomic mass is 15.4. The van der Waals surface area contributed by atoms with Gasteiger partial charge >= 0.3 is 0 Å². The topological polar surface area (TPSA) is 41.1 Å². The summed E-state index contributed by atoms with van der Waals surface area (Å²) in [5, 5.41) is 0. The summed E-state index contributed by atoms with van der Waals surface area (Å²) < 4.78 is 0. The van der Waals surface area contributed by atoms with Gasteiger partial charge in [-0.3, -0.25) is 4.99 Å². The molecule has 1 aromatic rings. The molecule has 0 saturated carbocycles. The zero-order valence-corrected chi connectivity index (χ0v) is 13.5. The van der Waals surface area contributed by atoms with Gasteiger partial charge < -0.3 is 24.6 Å². The van der Waals surface area contributed by atoms with E-state index in [4.69, 9.17) is 4.99 Å². The average molecular weight is 320 g/mol. The van der Waals surface area contributed by atoms with Crippen molar-refractivity contribution in [3.8, 4) is 0 Å². The van der Waals surface area contributed by atoms with Gasteiger partial charge in [-0.1, -0.05) is 0 Å². The van der Waals surface area contributed by atoms with Crippen molar-refractivity contribution in [1.29, 1.82) is 0 Å². The molecule has 4 aliphatic heterocycles. The van der Waals surface area contributed by atoms with Crippen LogP contribution in [0.1, 0.15) is 11.4 Å². The fourth-order valence-electron chi connectivity index (χ4n) is 3.47. The van der Waals surface area contributed by atoms with Crippen LogP contribution in [0.15, 0.2) is 59.8 Å². The molecule has 0 unspecified atom stereocenters. The number of fused-ring (bicyclic) bond motifs is 7. The van der Waals surface area contributed by atoms with Crippen molar-refractivity contribution in [3.63, 3.8) is 0 Å². The molecule has 5 rings (SSSR count). The fraction of sp³-hybridized carbons (Fsp3) is 0.278. The Labute approximate surface area is 141 Å². The molecule has 6 nitrogen and oxygen atoms in total. The highest BCUT2D eigenvalue weighted by Gasteiger charge is 2.19. The third kappa shape index (κ3) is 2.60. The van der Waals surface area contributed by atoms with E-state index in [0.29, 0.717) is 0 Å². The summed E-state index contributed by atoms with van der Waals surface area (Å²) in [5.74, 6) is 0. The number of rotatable bonds is 0. The Morgan fingerprint density at radius 3 is 2.33 bits per heavy atom. The molecule has 0 amide bonds. The van der Waals surface area contributed by atoms with Crippen LogP contribution in [0.3, 0.4) is 0 Å². The van der Waals surface area contributed by atoms with Gasteiger partial charge in [-0.15, -0.1) is 0 Å². The van der Waals surface area contributed by atoms with E-state index in [1.807, 2.05) is 0 Å². The van der Waals surface area contributed by atoms with Gasteiger partial charge in [0, 0.05) is 36.2 Å². The van der Waals surface area contributed by atoms with Crippen molar-refractivity contribution in [2.45, 2.75) is 6.54 Å². The first-order valence-electron chi connectivity index (χ1n) is 8.28. The number of hydrogen-bond acceptors (Lipinski definition) is 5. The second kappa shape index (κ2) is 5.33. The van der Waals surface area contributed by atoms with E-state index >= 15 is 0 Å². The van der Waals surface area contributed by atoms with Gasteiger partial charge in [0.15, 0.2) is 0 Å². The molecule has 0 atom stereocenters. The summed E-state index contributed by atoms with van der Waals surface area (Å²) >= 11 is 0. The molecule has 24 heavy (non-hydrogen) atoms. The Morgan fingerprint density at radius 2 is 1.50 bits per heavy atom. The maximum atomic E-state index is 4.73. The Bertz CT molecular complexity index is 796. The number of hydrogen-bond donors (Lipinski definition) is 1. The zero-order valence-electron chi connectivity index (χ0n) is 13.5. The Morgan fingerprint density at radius 1 is 0.792 bits per heavy atom. The standard InChI is InChI=1S/C18H20N6/c1-3-17-10-21-5-7-23(12-21)14-24-8-6-22(13-24)11-18-4-2-16(20-18)9-15(1)19-17/h1-9,19H,10-14H2/b16-9-. The van der Waals surface area contributed by atoms with Gasteiger partial charge in [0.2, 0.25) is 0 Å². The molecule has 0 fully saturated rings. The smallest absolute Gasteiger partial charge is 0.0927 e. The van der Waals surface area contributed by atoms with Crippen molar-refractivity contribution in [3.05, 3.63) is 66.2 Å². The summed E-state index contributed by atoms with van der Waals surface area (Å²) in [6.45, 7) is 4.48. The van der Waals surface area contributed by atoms with Crippen molar-refractivity contribution in [2.75, 3.05) is 26.6 Å². The molecule has 1 aromatic heterocycles. The number of aromatic nitrogens is 1. The van der Waals surface area contributed by atoms with Gasteiger partial charge in [0.1, 0.15) is 0 Å². The van der Waals surface area contributed by atoms with Gasteiger partial charge in [0.05, 0.1) is 44.5 Å². The summed E-state index contributed by atoms with van der Waals surface area (Å²) in [6, 6.07) is 4.28. The van der Waals surface area contributed by atoms with E-state index in [0.717, 1.165) is 50.2 Å². The van der Waals surface area contributed by atoms with Crippen molar-refractivity contribution < 1.29 is 0 Å². The number of H-pyrrole nitrogens is 1. The van der Waals surface area contributed by atoms with Crippen molar-refractivity contribution in [1.82, 2.24) is 24.6 Å². The number of allylic oxidation sites excluding steroid dienone is 1. The molecular formula is C18H20N6. The molecule has 0 spiro atoms. The van der Waals surface area contributed by atoms with Crippen LogP contribution in [0.4, 0.5) is 0 Å². The lowest BCUT2D eigenvalue weighted by Gasteiger charge is -2.27. The maximum Gasteiger partial charge on any atom is 0.0927 e. The Hall–Kier alpha value is -2.89. The minimum absolute atomic E-state index is 0.846. The predicted molar refractivity (Wildman–Crippen MR) is 94.2 cm³/mol. The summed E-state index contributed by atoms with van der Waals surface area (Å²) in [7, 11) is 0. The lowest BCUT2D eigenvalue weighted by molar-refractivity contribution is 0.165. The maximum absolute atomic E-state index is 4.73. The molecule has 5 heterocycles. The minimum Gasteiger partial charge on any atom is -0.357 e. The van der Waals surface area contributed by atoms with Crippen LogP contribution in [0.2, 0.25) is 0 Å². The van der Waals surface area contributed by atoms with E-state index in [1.165, 1.54) is 5.69 Å². The minimum atomic E-state index is 0.846. The van der Waals surface area contributed by atoms with E-state index in [-0.39, 0.29) is 0 Å². The number of aromatic amines is 1. The Balaban J connectivity index is 1.45. The average Bonchev–Trinajstić information content (AvgIpc) is 3.32. The normalized spacial score (nSPS) is 24.0. The third-order valence-corrected chi connectivity index (χ3v) is 4.60. The monoisotopic (exact) mass is 320 g/mol. The molecule has 4 aliphatic rings. The molecule has 1 N–H and O–H groups in total. The van der Waals surface area contributed by atoms with Crippen molar-refractivity contribution in [2.24, 2.45) is 4.99 Å². The molecule has 0 radical (unpaired) electrons. The highest BCUT2D eigenvalue weighted by Crippen LogP contribution is 2.19. The SMILES string of the molecule is C1=C/C2=C/c3ccc([nH]3)CN3C=CN(C3)CN3C=CN(CC1=N2)C3. The second-order valence-corrected chi connectivity index (χ2v) is 6.64. The Kier molecular flexibility index (Phi) is 3.01. The van der Waals surface area contributed by atoms with Gasteiger partial charge in [-0.2, -0.15) is 0 Å². The predicted octanol–water partition coefficient (Wildman–Crippen LogP) is 1.93. The highest BCUT2D eigenvalue weighted by molar-refractivity contribution is 6.00. The van der Waals surface area contributed by atoms with Crippen LogP contribution < -0.4 is 0 Å². The quantitative estimate of drug-likeness (QED) is 0.793. The first-order valence-corrected chi connectivity index (χ1v) is 8.28. The van der Waals surface area contributed by atoms with Crippen LogP contribution in [-0.4, -0.2) is 56.8 Å². The van der Waals surface area contributed by atoms with Crippen LogP contribution in [-0.2, 0) is 6.54 Å². The molecule has 6 heteroatoms. The van der Waals surface area contributed by atoms with Gasteiger partial charge in [0.25, 0.3) is 0 Å². The molecule has 122 valence electrons. The zero-order chi connectivity index (χ0) is 15.9. The lowest BCUT2D eigenvalue weighted by Crippen LogP contribution is -2.36. The summed E-state index contributed by atoms with van der Waals surface area (Å²) in [6.07, 6.45) is 15.0. The van der Waals surface area contributed by atoms with Gasteiger partial charge in [-0.05, 0) is 30.4 Å². The van der Waals surface area contributed by atoms with E-state index < -0.39 is 0 Å². The van der Waals surface area contributed by atoms with Crippen LogP contribution in [0.5, 0.6) is 0 Å². The van der Waals surface area contributed by atoms with Crippen LogP contribution in [0, 0.1) is 0 Å². The second-order valence-electron chi connectivity index (χ2n) is 6.64. The third-order valence-electron chi connectivity index (χ3n) is 4.60. The number of nitrogens with zero attached hydrogens (tertiary/aromatic N) is 5. The molecule has 0 aromatic carbocycles. The number of nitrogens with one attached hydrogen (secondary N) is 1. The van der Waals surface area contributed by atoms with Crippen LogP contribution >= 0.6 is 0 Å². The van der Waals surface area contributed by atoms with E-state index in [9.17, 15) is 0 Å². The van der Waals surface area contributed by atoms with E-state index in [2.05, 4.69) is 79.7 Å². The molecule has 8 bridgehead atoms. The molecule has 0 aliphatic carbocycles. The number of aliphatic imine (C=N–C) groups is 1. The fourth-order valence-corrected chi connectivity index (χ4v) is 3.47. The molecular weight excluding hydrogens is 300 g/mol. The first-order chi connectivity index (χ1) is 11.8. The summed E-state index contributed by atoms with van der Waals surface area (Å²) in [5.41, 5.74) is 4.45.